The predicted molar refractivity (Wildman–Crippen MR) is 86.6 cm³/mol. The van der Waals surface area contributed by atoms with E-state index in [0.29, 0.717) is 12.0 Å². The molecule has 0 unspecified atom stereocenters. The minimum atomic E-state index is -0.526. The number of ether oxygens (including phenoxy) is 1. The summed E-state index contributed by atoms with van der Waals surface area (Å²) in [5, 5.41) is 0. The van der Waals surface area contributed by atoms with Gasteiger partial charge in [-0.1, -0.05) is 61.2 Å². The molecular formula is C19H18O3. The van der Waals surface area contributed by atoms with Gasteiger partial charge in [-0.25, -0.2) is 0 Å². The SMILES string of the molecule is C=C(Cc1ccccc1C(=O)CC(=O)OC)c1ccccc1. The maximum atomic E-state index is 12.2. The third-order valence-electron chi connectivity index (χ3n) is 3.44. The van der Waals surface area contributed by atoms with E-state index in [0.717, 1.165) is 16.7 Å². The van der Waals surface area contributed by atoms with Crippen molar-refractivity contribution in [2.75, 3.05) is 7.11 Å². The molecule has 2 aromatic rings. The van der Waals surface area contributed by atoms with E-state index in [9.17, 15) is 9.59 Å². The molecule has 3 heteroatoms. The Morgan fingerprint density at radius 1 is 1.00 bits per heavy atom. The first kappa shape index (κ1) is 15.7. The number of hydrogen-bond donors (Lipinski definition) is 0. The van der Waals surface area contributed by atoms with E-state index >= 15 is 0 Å². The normalized spacial score (nSPS) is 10.0. The van der Waals surface area contributed by atoms with Crippen LogP contribution in [-0.2, 0) is 16.0 Å². The minimum Gasteiger partial charge on any atom is -0.469 e. The summed E-state index contributed by atoms with van der Waals surface area (Å²) in [6.45, 7) is 4.09. The third kappa shape index (κ3) is 3.92. The number of ketones is 1. The van der Waals surface area contributed by atoms with Gasteiger partial charge in [0.2, 0.25) is 0 Å². The van der Waals surface area contributed by atoms with E-state index in [2.05, 4.69) is 11.3 Å². The molecule has 22 heavy (non-hydrogen) atoms. The van der Waals surface area contributed by atoms with Crippen LogP contribution in [0.5, 0.6) is 0 Å². The summed E-state index contributed by atoms with van der Waals surface area (Å²) in [6, 6.07) is 17.1. The van der Waals surface area contributed by atoms with E-state index in [1.807, 2.05) is 42.5 Å². The quantitative estimate of drug-likeness (QED) is 0.463. The van der Waals surface area contributed by atoms with Crippen LogP contribution in [0.1, 0.15) is 27.9 Å². The summed E-state index contributed by atoms with van der Waals surface area (Å²) in [7, 11) is 1.28. The van der Waals surface area contributed by atoms with Gasteiger partial charge in [-0.15, -0.1) is 0 Å². The standard InChI is InChI=1S/C19H18O3/c1-14(15-8-4-3-5-9-15)12-16-10-6-7-11-17(16)18(20)13-19(21)22-2/h3-11H,1,12-13H2,2H3. The first-order chi connectivity index (χ1) is 10.6. The van der Waals surface area contributed by atoms with Crippen molar-refractivity contribution in [2.45, 2.75) is 12.8 Å². The van der Waals surface area contributed by atoms with Crippen molar-refractivity contribution in [3.05, 3.63) is 77.9 Å². The number of rotatable bonds is 6. The molecule has 0 spiro atoms. The van der Waals surface area contributed by atoms with Crippen LogP contribution in [0.4, 0.5) is 0 Å². The zero-order chi connectivity index (χ0) is 15.9. The molecule has 3 nitrogen and oxygen atoms in total. The number of methoxy groups -OCH3 is 1. The largest absolute Gasteiger partial charge is 0.469 e. The first-order valence-corrected chi connectivity index (χ1v) is 7.03. The van der Waals surface area contributed by atoms with E-state index < -0.39 is 5.97 Å². The second-order valence-corrected chi connectivity index (χ2v) is 4.98. The molecule has 0 amide bonds. The average molecular weight is 294 g/mol. The summed E-state index contributed by atoms with van der Waals surface area (Å²) in [4.78, 5) is 23.5. The van der Waals surface area contributed by atoms with Gasteiger partial charge >= 0.3 is 5.97 Å². The number of carbonyl (C=O) groups is 2. The topological polar surface area (TPSA) is 43.4 Å². The lowest BCUT2D eigenvalue weighted by atomic mass is 9.94. The number of benzene rings is 2. The molecule has 0 atom stereocenters. The van der Waals surface area contributed by atoms with Gasteiger partial charge in [-0.05, 0) is 23.1 Å². The van der Waals surface area contributed by atoms with Crippen molar-refractivity contribution in [2.24, 2.45) is 0 Å². The molecular weight excluding hydrogens is 276 g/mol. The Balaban J connectivity index is 2.20. The molecule has 0 aliphatic rings. The van der Waals surface area contributed by atoms with E-state index in [1.165, 1.54) is 7.11 Å². The number of allylic oxidation sites excluding steroid dienone is 1. The van der Waals surface area contributed by atoms with Gasteiger partial charge < -0.3 is 4.74 Å². The maximum absolute atomic E-state index is 12.2. The monoisotopic (exact) mass is 294 g/mol. The number of esters is 1. The average Bonchev–Trinajstić information content (AvgIpc) is 2.55. The molecule has 112 valence electrons. The fraction of sp³-hybridized carbons (Fsp3) is 0.158. The summed E-state index contributed by atoms with van der Waals surface area (Å²) in [5.74, 6) is -0.759. The third-order valence-corrected chi connectivity index (χ3v) is 3.44. The molecule has 0 saturated heterocycles. The van der Waals surface area contributed by atoms with E-state index in [1.54, 1.807) is 12.1 Å². The highest BCUT2D eigenvalue weighted by atomic mass is 16.5. The highest BCUT2D eigenvalue weighted by molar-refractivity contribution is 6.07. The molecule has 0 saturated carbocycles. The lowest BCUT2D eigenvalue weighted by molar-refractivity contribution is -0.139. The Morgan fingerprint density at radius 2 is 1.64 bits per heavy atom. The Hall–Kier alpha value is -2.68. The van der Waals surface area contributed by atoms with Gasteiger partial charge in [0, 0.05) is 5.56 Å². The molecule has 0 aliphatic carbocycles. The van der Waals surface area contributed by atoms with Crippen LogP contribution in [0, 0.1) is 0 Å². The van der Waals surface area contributed by atoms with Crippen molar-refractivity contribution >= 4 is 17.3 Å². The van der Waals surface area contributed by atoms with Crippen molar-refractivity contribution in [1.29, 1.82) is 0 Å². The highest BCUT2D eigenvalue weighted by Gasteiger charge is 2.16. The van der Waals surface area contributed by atoms with Crippen LogP contribution in [-0.4, -0.2) is 18.9 Å². The van der Waals surface area contributed by atoms with Crippen molar-refractivity contribution in [3.8, 4) is 0 Å². The highest BCUT2D eigenvalue weighted by Crippen LogP contribution is 2.21. The molecule has 0 fully saturated rings. The smallest absolute Gasteiger partial charge is 0.313 e. The summed E-state index contributed by atoms with van der Waals surface area (Å²) in [5.41, 5.74) is 3.38. The van der Waals surface area contributed by atoms with E-state index in [4.69, 9.17) is 0 Å². The fourth-order valence-electron chi connectivity index (χ4n) is 2.25. The number of hydrogen-bond acceptors (Lipinski definition) is 3. The van der Waals surface area contributed by atoms with Crippen molar-refractivity contribution in [3.63, 3.8) is 0 Å². The van der Waals surface area contributed by atoms with Crippen LogP contribution in [0.2, 0.25) is 0 Å². The van der Waals surface area contributed by atoms with Gasteiger partial charge in [0.05, 0.1) is 7.11 Å². The van der Waals surface area contributed by atoms with Gasteiger partial charge in [-0.2, -0.15) is 0 Å². The zero-order valence-corrected chi connectivity index (χ0v) is 12.5. The van der Waals surface area contributed by atoms with Gasteiger partial charge in [0.1, 0.15) is 6.42 Å². The van der Waals surface area contributed by atoms with Crippen molar-refractivity contribution in [1.82, 2.24) is 0 Å². The van der Waals surface area contributed by atoms with Gasteiger partial charge in [0.15, 0.2) is 5.78 Å². The number of Topliss-reactive ketones (excluding diaryl/α,β-unsaturated/α-hetero) is 1. The Bertz CT molecular complexity index is 687. The number of carbonyl (C=O) groups excluding carboxylic acids is 2. The second kappa shape index (κ2) is 7.36. The Kier molecular flexibility index (Phi) is 5.26. The molecule has 0 N–H and O–H groups in total. The predicted octanol–water partition coefficient (Wildman–Crippen LogP) is 3.69. The lowest BCUT2D eigenvalue weighted by Crippen LogP contribution is -2.11. The van der Waals surface area contributed by atoms with Crippen LogP contribution in [0.15, 0.2) is 61.2 Å². The Labute approximate surface area is 130 Å². The molecule has 0 heterocycles. The molecule has 2 rings (SSSR count). The molecule has 0 aliphatic heterocycles. The molecule has 0 radical (unpaired) electrons. The Morgan fingerprint density at radius 3 is 2.32 bits per heavy atom. The van der Waals surface area contributed by atoms with Crippen LogP contribution >= 0.6 is 0 Å². The van der Waals surface area contributed by atoms with E-state index in [-0.39, 0.29) is 12.2 Å². The minimum absolute atomic E-state index is 0.233. The molecule has 2 aromatic carbocycles. The zero-order valence-electron chi connectivity index (χ0n) is 12.5. The fourth-order valence-corrected chi connectivity index (χ4v) is 2.25. The summed E-state index contributed by atoms with van der Waals surface area (Å²) >= 11 is 0. The first-order valence-electron chi connectivity index (χ1n) is 7.03. The van der Waals surface area contributed by atoms with Gasteiger partial charge in [0.25, 0.3) is 0 Å². The molecule has 0 aromatic heterocycles. The van der Waals surface area contributed by atoms with Crippen LogP contribution in [0.25, 0.3) is 5.57 Å². The second-order valence-electron chi connectivity index (χ2n) is 4.98. The summed E-state index contributed by atoms with van der Waals surface area (Å²) < 4.78 is 4.56. The summed E-state index contributed by atoms with van der Waals surface area (Å²) in [6.07, 6.45) is 0.318. The molecule has 0 bridgehead atoms. The van der Waals surface area contributed by atoms with Crippen molar-refractivity contribution < 1.29 is 14.3 Å². The maximum Gasteiger partial charge on any atom is 0.313 e. The van der Waals surface area contributed by atoms with Crippen LogP contribution in [0.3, 0.4) is 0 Å². The van der Waals surface area contributed by atoms with Gasteiger partial charge in [-0.3, -0.25) is 9.59 Å². The van der Waals surface area contributed by atoms with Crippen LogP contribution < -0.4 is 0 Å². The lowest BCUT2D eigenvalue weighted by Gasteiger charge is -2.10.